The third kappa shape index (κ3) is 4.47. The standard InChI is InChI=1S/C18H29N3O3S2/c1-26(23,24)18(6-8-19-9-7-18)17(22)20-13-15-4-10-21(11-5-15)14-16-3-2-12-25-16/h2-3,12,15,19H,4-11,13-14H2,1H3,(H,20,22). The van der Waals surface area contributed by atoms with Crippen LogP contribution < -0.4 is 10.6 Å². The molecule has 0 unspecified atom stereocenters. The molecule has 0 aromatic carbocycles. The van der Waals surface area contributed by atoms with E-state index in [9.17, 15) is 13.2 Å². The molecule has 8 heteroatoms. The molecule has 2 aliphatic rings. The van der Waals surface area contributed by atoms with E-state index < -0.39 is 14.6 Å². The van der Waals surface area contributed by atoms with Gasteiger partial charge in [0.25, 0.3) is 0 Å². The lowest BCUT2D eigenvalue weighted by Gasteiger charge is -2.36. The Bertz CT molecular complexity index is 689. The maximum Gasteiger partial charge on any atom is 0.241 e. The lowest BCUT2D eigenvalue weighted by Crippen LogP contribution is -2.58. The normalized spacial score (nSPS) is 22.2. The average molecular weight is 400 g/mol. The molecule has 1 aromatic rings. The molecule has 0 aliphatic carbocycles. The van der Waals surface area contributed by atoms with Gasteiger partial charge in [0.2, 0.25) is 5.91 Å². The first-order valence-corrected chi connectivity index (χ1v) is 12.1. The number of hydrogen-bond donors (Lipinski definition) is 2. The van der Waals surface area contributed by atoms with Crippen LogP contribution in [0.15, 0.2) is 17.5 Å². The Hall–Kier alpha value is -0.960. The van der Waals surface area contributed by atoms with Crippen LogP contribution in [-0.2, 0) is 21.2 Å². The maximum absolute atomic E-state index is 12.8. The largest absolute Gasteiger partial charge is 0.354 e. The topological polar surface area (TPSA) is 78.5 Å². The van der Waals surface area contributed by atoms with Crippen molar-refractivity contribution < 1.29 is 13.2 Å². The van der Waals surface area contributed by atoms with Crippen LogP contribution in [-0.4, -0.2) is 63.0 Å². The number of carbonyl (C=O) groups excluding carboxylic acids is 1. The molecule has 3 rings (SSSR count). The maximum atomic E-state index is 12.8. The van der Waals surface area contributed by atoms with Crippen LogP contribution in [0.25, 0.3) is 0 Å². The first kappa shape index (κ1) is 19.8. The van der Waals surface area contributed by atoms with Gasteiger partial charge in [-0.3, -0.25) is 9.69 Å². The fourth-order valence-corrected chi connectivity index (χ4v) is 6.07. The van der Waals surface area contributed by atoms with Crippen molar-refractivity contribution in [2.75, 3.05) is 39.0 Å². The molecule has 2 N–H and O–H groups in total. The number of carbonyl (C=O) groups is 1. The minimum atomic E-state index is -3.44. The van der Waals surface area contributed by atoms with E-state index in [-0.39, 0.29) is 5.91 Å². The lowest BCUT2D eigenvalue weighted by atomic mass is 9.94. The van der Waals surface area contributed by atoms with Crippen molar-refractivity contribution in [3.05, 3.63) is 22.4 Å². The summed E-state index contributed by atoms with van der Waals surface area (Å²) in [5.41, 5.74) is 0. The SMILES string of the molecule is CS(=O)(=O)C1(C(=O)NCC2CCN(Cc3cccs3)CC2)CCNCC1. The van der Waals surface area contributed by atoms with Crippen molar-refractivity contribution in [1.29, 1.82) is 0 Å². The fraction of sp³-hybridized carbons (Fsp3) is 0.722. The summed E-state index contributed by atoms with van der Waals surface area (Å²) in [5.74, 6) is 0.124. The van der Waals surface area contributed by atoms with Crippen LogP contribution in [0.2, 0.25) is 0 Å². The molecule has 0 atom stereocenters. The quantitative estimate of drug-likeness (QED) is 0.753. The Balaban J connectivity index is 1.49. The van der Waals surface area contributed by atoms with E-state index in [1.807, 2.05) is 0 Å². The fourth-order valence-electron chi connectivity index (χ4n) is 3.97. The van der Waals surface area contributed by atoms with Gasteiger partial charge in [-0.2, -0.15) is 0 Å². The van der Waals surface area contributed by atoms with Gasteiger partial charge in [-0.1, -0.05) is 6.07 Å². The second kappa shape index (κ2) is 8.37. The molecular weight excluding hydrogens is 370 g/mol. The number of amides is 1. The van der Waals surface area contributed by atoms with Gasteiger partial charge in [-0.05, 0) is 69.2 Å². The van der Waals surface area contributed by atoms with Crippen molar-refractivity contribution >= 4 is 27.1 Å². The number of sulfone groups is 1. The molecule has 0 bridgehead atoms. The number of nitrogens with zero attached hydrogens (tertiary/aromatic N) is 1. The second-order valence-corrected chi connectivity index (χ2v) is 10.9. The zero-order chi connectivity index (χ0) is 18.6. The summed E-state index contributed by atoms with van der Waals surface area (Å²) in [6.07, 6.45) is 3.99. The first-order chi connectivity index (χ1) is 12.4. The highest BCUT2D eigenvalue weighted by molar-refractivity contribution is 7.92. The van der Waals surface area contributed by atoms with Gasteiger partial charge in [-0.25, -0.2) is 8.42 Å². The van der Waals surface area contributed by atoms with E-state index in [0.29, 0.717) is 38.4 Å². The molecule has 146 valence electrons. The Morgan fingerprint density at radius 2 is 2.04 bits per heavy atom. The van der Waals surface area contributed by atoms with Crippen molar-refractivity contribution in [2.24, 2.45) is 5.92 Å². The molecule has 3 heterocycles. The molecule has 0 saturated carbocycles. The summed E-state index contributed by atoms with van der Waals surface area (Å²) in [7, 11) is -3.44. The third-order valence-electron chi connectivity index (χ3n) is 5.75. The van der Waals surface area contributed by atoms with E-state index in [0.717, 1.165) is 32.5 Å². The summed E-state index contributed by atoms with van der Waals surface area (Å²) in [6.45, 7) is 4.78. The minimum Gasteiger partial charge on any atom is -0.354 e. The van der Waals surface area contributed by atoms with Crippen LogP contribution in [0.4, 0.5) is 0 Å². The highest BCUT2D eigenvalue weighted by atomic mass is 32.2. The van der Waals surface area contributed by atoms with E-state index in [2.05, 4.69) is 33.0 Å². The van der Waals surface area contributed by atoms with Gasteiger partial charge >= 0.3 is 0 Å². The Morgan fingerprint density at radius 1 is 1.35 bits per heavy atom. The molecule has 0 radical (unpaired) electrons. The van der Waals surface area contributed by atoms with Gasteiger partial charge in [0.05, 0.1) is 0 Å². The molecule has 2 fully saturated rings. The second-order valence-electron chi connectivity index (χ2n) is 7.53. The summed E-state index contributed by atoms with van der Waals surface area (Å²) in [4.78, 5) is 16.6. The summed E-state index contributed by atoms with van der Waals surface area (Å²) >= 11 is 1.79. The van der Waals surface area contributed by atoms with Gasteiger partial charge in [0.1, 0.15) is 0 Å². The van der Waals surface area contributed by atoms with Gasteiger partial charge in [-0.15, -0.1) is 11.3 Å². The Labute approximate surface area is 160 Å². The van der Waals surface area contributed by atoms with Crippen LogP contribution in [0.3, 0.4) is 0 Å². The summed E-state index contributed by atoms with van der Waals surface area (Å²) < 4.78 is 23.3. The predicted molar refractivity (Wildman–Crippen MR) is 105 cm³/mol. The molecule has 6 nitrogen and oxygen atoms in total. The summed E-state index contributed by atoms with van der Waals surface area (Å²) in [5, 5.41) is 8.22. The lowest BCUT2D eigenvalue weighted by molar-refractivity contribution is -0.124. The number of thiophene rings is 1. The van der Waals surface area contributed by atoms with Gasteiger partial charge in [0, 0.05) is 24.2 Å². The van der Waals surface area contributed by atoms with Gasteiger partial charge in [0.15, 0.2) is 14.6 Å². The number of piperidine rings is 2. The predicted octanol–water partition coefficient (Wildman–Crippen LogP) is 1.24. The zero-order valence-corrected chi connectivity index (χ0v) is 17.0. The molecule has 2 aliphatic heterocycles. The van der Waals surface area contributed by atoms with E-state index >= 15 is 0 Å². The molecule has 2 saturated heterocycles. The van der Waals surface area contributed by atoms with Crippen LogP contribution >= 0.6 is 11.3 Å². The van der Waals surface area contributed by atoms with Crippen LogP contribution in [0.5, 0.6) is 0 Å². The Morgan fingerprint density at radius 3 is 2.62 bits per heavy atom. The molecule has 1 aromatic heterocycles. The zero-order valence-electron chi connectivity index (χ0n) is 15.4. The average Bonchev–Trinajstić information content (AvgIpc) is 3.13. The van der Waals surface area contributed by atoms with Crippen molar-refractivity contribution in [2.45, 2.75) is 37.0 Å². The Kier molecular flexibility index (Phi) is 6.37. The number of rotatable bonds is 6. The van der Waals surface area contributed by atoms with Crippen molar-refractivity contribution in [3.63, 3.8) is 0 Å². The van der Waals surface area contributed by atoms with E-state index in [1.54, 1.807) is 11.3 Å². The molecule has 26 heavy (non-hydrogen) atoms. The third-order valence-corrected chi connectivity index (χ3v) is 8.63. The van der Waals surface area contributed by atoms with Crippen molar-refractivity contribution in [1.82, 2.24) is 15.5 Å². The molecular formula is C18H29N3O3S2. The first-order valence-electron chi connectivity index (χ1n) is 9.34. The highest BCUT2D eigenvalue weighted by Crippen LogP contribution is 2.28. The molecule has 1 amide bonds. The summed E-state index contributed by atoms with van der Waals surface area (Å²) in [6, 6.07) is 4.25. The minimum absolute atomic E-state index is 0.303. The monoisotopic (exact) mass is 399 g/mol. The number of nitrogens with one attached hydrogen (secondary N) is 2. The molecule has 0 spiro atoms. The van der Waals surface area contributed by atoms with E-state index in [1.165, 1.54) is 11.1 Å². The smallest absolute Gasteiger partial charge is 0.241 e. The van der Waals surface area contributed by atoms with Crippen LogP contribution in [0.1, 0.15) is 30.6 Å². The van der Waals surface area contributed by atoms with Crippen molar-refractivity contribution in [3.8, 4) is 0 Å². The van der Waals surface area contributed by atoms with Gasteiger partial charge < -0.3 is 10.6 Å². The van der Waals surface area contributed by atoms with Crippen LogP contribution in [0, 0.1) is 5.92 Å². The number of hydrogen-bond acceptors (Lipinski definition) is 6. The van der Waals surface area contributed by atoms with E-state index in [4.69, 9.17) is 0 Å². The number of likely N-dealkylation sites (tertiary alicyclic amines) is 1. The highest BCUT2D eigenvalue weighted by Gasteiger charge is 2.48.